The third kappa shape index (κ3) is 3.01. The average Bonchev–Trinajstić information content (AvgIpc) is 3.05. The Morgan fingerprint density at radius 3 is 3.05 bits per heavy atom. The van der Waals surface area contributed by atoms with Crippen molar-refractivity contribution in [3.05, 3.63) is 40.7 Å². The summed E-state index contributed by atoms with van der Waals surface area (Å²) < 4.78 is 13.2. The van der Waals surface area contributed by atoms with E-state index in [4.69, 9.17) is 5.26 Å². The zero-order valence-corrected chi connectivity index (χ0v) is 12.0. The minimum Gasteiger partial charge on any atom is -0.388 e. The van der Waals surface area contributed by atoms with Gasteiger partial charge in [0.25, 0.3) is 0 Å². The second-order valence-electron chi connectivity index (χ2n) is 5.20. The minimum absolute atomic E-state index is 0.297. The molecule has 108 valence electrons. The molecule has 0 bridgehead atoms. The molecule has 1 N–H and O–H groups in total. The molecule has 21 heavy (non-hydrogen) atoms. The molecule has 1 fully saturated rings. The van der Waals surface area contributed by atoms with Gasteiger partial charge in [-0.1, -0.05) is 23.5 Å². The third-order valence-corrected chi connectivity index (χ3v) is 4.42. The van der Waals surface area contributed by atoms with Crippen molar-refractivity contribution >= 4 is 16.5 Å². The molecule has 0 radical (unpaired) electrons. The molecule has 2 heterocycles. The van der Waals surface area contributed by atoms with Crippen LogP contribution in [0.15, 0.2) is 24.3 Å². The Hall–Kier alpha value is -2.04. The molecule has 5 nitrogen and oxygen atoms in total. The van der Waals surface area contributed by atoms with Crippen LogP contribution < -0.4 is 4.90 Å². The van der Waals surface area contributed by atoms with E-state index < -0.39 is 5.60 Å². The molecule has 0 amide bonds. The summed E-state index contributed by atoms with van der Waals surface area (Å²) in [4.78, 5) is 1.91. The van der Waals surface area contributed by atoms with Crippen LogP contribution in [0.4, 0.5) is 9.52 Å². The monoisotopic (exact) mass is 304 g/mol. The van der Waals surface area contributed by atoms with Gasteiger partial charge in [0.2, 0.25) is 10.1 Å². The number of halogens is 1. The molecule has 1 aliphatic rings. The van der Waals surface area contributed by atoms with E-state index in [0.717, 1.165) is 5.56 Å². The first kappa shape index (κ1) is 13.9. The lowest BCUT2D eigenvalue weighted by Crippen LogP contribution is -2.35. The molecular weight excluding hydrogens is 291 g/mol. The second-order valence-corrected chi connectivity index (χ2v) is 6.16. The lowest BCUT2D eigenvalue weighted by atomic mass is 9.94. The molecule has 1 unspecified atom stereocenters. The Kier molecular flexibility index (Phi) is 3.57. The Bertz CT molecular complexity index is 698. The van der Waals surface area contributed by atoms with Crippen molar-refractivity contribution in [3.8, 4) is 6.07 Å². The number of hydrogen-bond donors (Lipinski definition) is 1. The molecule has 3 rings (SSSR count). The first-order valence-electron chi connectivity index (χ1n) is 6.53. The lowest BCUT2D eigenvalue weighted by Gasteiger charge is -2.23. The predicted octanol–water partition coefficient (Wildman–Crippen LogP) is 1.73. The second kappa shape index (κ2) is 5.39. The molecule has 1 aromatic carbocycles. The van der Waals surface area contributed by atoms with Gasteiger partial charge in [-0.15, -0.1) is 10.2 Å². The summed E-state index contributed by atoms with van der Waals surface area (Å²) >= 11 is 1.21. The van der Waals surface area contributed by atoms with E-state index in [1.807, 2.05) is 17.0 Å². The highest BCUT2D eigenvalue weighted by molar-refractivity contribution is 7.15. The van der Waals surface area contributed by atoms with Gasteiger partial charge in [-0.25, -0.2) is 4.39 Å². The molecule has 0 saturated carbocycles. The van der Waals surface area contributed by atoms with Crippen LogP contribution in [0.25, 0.3) is 0 Å². The van der Waals surface area contributed by atoms with Gasteiger partial charge < -0.3 is 10.0 Å². The Balaban J connectivity index is 1.71. The summed E-state index contributed by atoms with van der Waals surface area (Å²) in [5.74, 6) is -0.297. The summed E-state index contributed by atoms with van der Waals surface area (Å²) in [5, 5.41) is 28.1. The van der Waals surface area contributed by atoms with E-state index in [9.17, 15) is 9.50 Å². The lowest BCUT2D eigenvalue weighted by molar-refractivity contribution is 0.0637. The van der Waals surface area contributed by atoms with Crippen molar-refractivity contribution in [1.29, 1.82) is 5.26 Å². The fourth-order valence-corrected chi connectivity index (χ4v) is 3.25. The number of benzene rings is 1. The standard InChI is InChI=1S/C14H13FN4OS/c15-11-3-1-2-10(6-11)7-14(20)4-5-19(9-14)13-18-17-12(8-16)21-13/h1-3,6,20H,4-5,7,9H2. The number of nitriles is 1. The SMILES string of the molecule is N#Cc1nnc(N2CCC(O)(Cc3cccc(F)c3)C2)s1. The molecule has 0 spiro atoms. The van der Waals surface area contributed by atoms with Gasteiger partial charge in [0.1, 0.15) is 11.9 Å². The predicted molar refractivity (Wildman–Crippen MR) is 76.5 cm³/mol. The molecular formula is C14H13FN4OS. The van der Waals surface area contributed by atoms with Gasteiger partial charge in [0.15, 0.2) is 0 Å². The van der Waals surface area contributed by atoms with E-state index in [2.05, 4.69) is 10.2 Å². The van der Waals surface area contributed by atoms with Crippen molar-refractivity contribution < 1.29 is 9.50 Å². The number of aromatic nitrogens is 2. The van der Waals surface area contributed by atoms with E-state index in [-0.39, 0.29) is 5.82 Å². The van der Waals surface area contributed by atoms with Crippen LogP contribution in [0.5, 0.6) is 0 Å². The highest BCUT2D eigenvalue weighted by Crippen LogP contribution is 2.31. The fourth-order valence-electron chi connectivity index (χ4n) is 2.58. The topological polar surface area (TPSA) is 73.0 Å². The number of β-amino-alcohol motifs (C(OH)–C–C–N with tert-alkyl or cyclic N) is 1. The fraction of sp³-hybridized carbons (Fsp3) is 0.357. The van der Waals surface area contributed by atoms with Crippen LogP contribution >= 0.6 is 11.3 Å². The van der Waals surface area contributed by atoms with Crippen molar-refractivity contribution in [3.63, 3.8) is 0 Å². The quantitative estimate of drug-likeness (QED) is 0.935. The molecule has 0 aliphatic carbocycles. The van der Waals surface area contributed by atoms with E-state index in [1.165, 1.54) is 23.5 Å². The summed E-state index contributed by atoms with van der Waals surface area (Å²) in [7, 11) is 0. The van der Waals surface area contributed by atoms with Crippen LogP contribution in [-0.4, -0.2) is 34.0 Å². The summed E-state index contributed by atoms with van der Waals surface area (Å²) in [5.41, 5.74) is -0.138. The highest BCUT2D eigenvalue weighted by atomic mass is 32.1. The normalized spacial score (nSPS) is 21.5. The summed E-state index contributed by atoms with van der Waals surface area (Å²) in [6.07, 6.45) is 0.968. The summed E-state index contributed by atoms with van der Waals surface area (Å²) in [6, 6.07) is 8.24. The van der Waals surface area contributed by atoms with Crippen LogP contribution in [-0.2, 0) is 6.42 Å². The number of nitrogens with zero attached hydrogens (tertiary/aromatic N) is 4. The Morgan fingerprint density at radius 2 is 2.33 bits per heavy atom. The van der Waals surface area contributed by atoms with Gasteiger partial charge in [-0.3, -0.25) is 0 Å². The smallest absolute Gasteiger partial charge is 0.219 e. The maximum atomic E-state index is 13.2. The van der Waals surface area contributed by atoms with Gasteiger partial charge in [-0.05, 0) is 24.1 Å². The van der Waals surface area contributed by atoms with E-state index in [0.29, 0.717) is 36.1 Å². The zero-order valence-electron chi connectivity index (χ0n) is 11.2. The maximum Gasteiger partial charge on any atom is 0.219 e. The maximum absolute atomic E-state index is 13.2. The Labute approximate surface area is 125 Å². The number of aliphatic hydroxyl groups is 1. The summed E-state index contributed by atoms with van der Waals surface area (Å²) in [6.45, 7) is 1.05. The number of anilines is 1. The van der Waals surface area contributed by atoms with Crippen LogP contribution in [0.2, 0.25) is 0 Å². The molecule has 1 atom stereocenters. The first-order chi connectivity index (χ1) is 10.1. The highest BCUT2D eigenvalue weighted by Gasteiger charge is 2.37. The average molecular weight is 304 g/mol. The van der Waals surface area contributed by atoms with Gasteiger partial charge >= 0.3 is 0 Å². The molecule has 1 saturated heterocycles. The van der Waals surface area contributed by atoms with E-state index >= 15 is 0 Å². The first-order valence-corrected chi connectivity index (χ1v) is 7.35. The number of rotatable bonds is 3. The molecule has 2 aromatic rings. The van der Waals surface area contributed by atoms with Crippen molar-refractivity contribution in [1.82, 2.24) is 10.2 Å². The van der Waals surface area contributed by atoms with Crippen molar-refractivity contribution in [2.75, 3.05) is 18.0 Å². The van der Waals surface area contributed by atoms with Crippen LogP contribution in [0.1, 0.15) is 17.0 Å². The van der Waals surface area contributed by atoms with Crippen LogP contribution in [0, 0.1) is 17.1 Å². The minimum atomic E-state index is -0.910. The zero-order chi connectivity index (χ0) is 14.9. The van der Waals surface area contributed by atoms with Crippen molar-refractivity contribution in [2.45, 2.75) is 18.4 Å². The molecule has 7 heteroatoms. The number of hydrogen-bond acceptors (Lipinski definition) is 6. The Morgan fingerprint density at radius 1 is 1.48 bits per heavy atom. The third-order valence-electron chi connectivity index (χ3n) is 3.53. The van der Waals surface area contributed by atoms with Gasteiger partial charge in [-0.2, -0.15) is 5.26 Å². The van der Waals surface area contributed by atoms with E-state index in [1.54, 1.807) is 6.07 Å². The van der Waals surface area contributed by atoms with Crippen molar-refractivity contribution in [2.24, 2.45) is 0 Å². The van der Waals surface area contributed by atoms with Gasteiger partial charge in [0.05, 0.1) is 5.60 Å². The largest absolute Gasteiger partial charge is 0.388 e. The van der Waals surface area contributed by atoms with Gasteiger partial charge in [0, 0.05) is 19.5 Å². The molecule has 1 aliphatic heterocycles. The van der Waals surface area contributed by atoms with Crippen LogP contribution in [0.3, 0.4) is 0 Å². The molecule has 1 aromatic heterocycles.